The number of nitrogens with zero attached hydrogens (tertiary/aromatic N) is 3. The van der Waals surface area contributed by atoms with Gasteiger partial charge in [-0.2, -0.15) is 0 Å². The van der Waals surface area contributed by atoms with Crippen molar-refractivity contribution in [3.63, 3.8) is 0 Å². The van der Waals surface area contributed by atoms with Crippen molar-refractivity contribution in [2.45, 2.75) is 39.4 Å². The number of H-pyrrole nitrogens is 2. The number of carbonyl (C=O) groups excluding carboxylic acids is 1. The highest BCUT2D eigenvalue weighted by molar-refractivity contribution is 6.09. The fourth-order valence-electron chi connectivity index (χ4n) is 3.60. The Balaban J connectivity index is 1.82. The van der Waals surface area contributed by atoms with Gasteiger partial charge in [0.1, 0.15) is 28.4 Å². The summed E-state index contributed by atoms with van der Waals surface area (Å²) in [4.78, 5) is 29.9. The highest BCUT2D eigenvalue weighted by Crippen LogP contribution is 2.33. The van der Waals surface area contributed by atoms with Crippen LogP contribution in [0.1, 0.15) is 39.4 Å². The maximum Gasteiger partial charge on any atom is 0.416 e. The smallest absolute Gasteiger partial charge is 0.416 e. The summed E-state index contributed by atoms with van der Waals surface area (Å²) < 4.78 is 5.56. The number of amides is 1. The number of anilines is 1. The molecule has 0 saturated carbocycles. The number of imidazole rings is 1. The molecule has 1 unspecified atom stereocenters. The first-order valence-corrected chi connectivity index (χ1v) is 10.5. The first-order chi connectivity index (χ1) is 15.2. The molecule has 0 saturated heterocycles. The van der Waals surface area contributed by atoms with Gasteiger partial charge in [-0.05, 0) is 51.0 Å². The van der Waals surface area contributed by atoms with Crippen molar-refractivity contribution in [1.29, 1.82) is 0 Å². The molecule has 0 aliphatic carbocycles. The minimum absolute atomic E-state index is 0.355. The highest BCUT2D eigenvalue weighted by atomic mass is 16.6. The molecule has 0 fully saturated rings. The number of nitrogens with one attached hydrogen (secondary N) is 2. The Morgan fingerprint density at radius 1 is 1.28 bits per heavy atom. The number of hydrogen-bond donors (Lipinski definition) is 4. The molecule has 4 aromatic rings. The summed E-state index contributed by atoms with van der Waals surface area (Å²) >= 11 is 0. The van der Waals surface area contributed by atoms with Crippen LogP contribution in [0.4, 0.5) is 10.6 Å². The van der Waals surface area contributed by atoms with Crippen LogP contribution in [0.2, 0.25) is 0 Å². The second-order valence-corrected chi connectivity index (χ2v) is 8.56. The average Bonchev–Trinajstić information content (AvgIpc) is 3.39. The van der Waals surface area contributed by atoms with E-state index in [-0.39, 0.29) is 6.61 Å². The summed E-state index contributed by atoms with van der Waals surface area (Å²) in [5, 5.41) is 20.0. The molecule has 1 atom stereocenters. The Labute approximate surface area is 185 Å². The SMILES string of the molecule is CCN(C(=O)OC(C)(C)C)c1nc2[nH]c(-c3cccc(C(O)CO)c3)cc2c2nc[nH]c12. The van der Waals surface area contributed by atoms with E-state index in [1.54, 1.807) is 12.4 Å². The van der Waals surface area contributed by atoms with E-state index in [2.05, 4.69) is 15.0 Å². The predicted octanol–water partition coefficient (Wildman–Crippen LogP) is 3.89. The molecule has 0 radical (unpaired) electrons. The molecule has 0 spiro atoms. The number of aromatic nitrogens is 4. The van der Waals surface area contributed by atoms with Gasteiger partial charge in [-0.3, -0.25) is 4.90 Å². The van der Waals surface area contributed by atoms with Crippen LogP contribution in [-0.4, -0.2) is 55.0 Å². The molecule has 1 amide bonds. The quantitative estimate of drug-likeness (QED) is 0.375. The van der Waals surface area contributed by atoms with Crippen LogP contribution in [0, 0.1) is 0 Å². The van der Waals surface area contributed by atoms with Gasteiger partial charge in [0.25, 0.3) is 0 Å². The molecule has 32 heavy (non-hydrogen) atoms. The number of carbonyl (C=O) groups is 1. The summed E-state index contributed by atoms with van der Waals surface area (Å²) in [6.07, 6.45) is 0.137. The normalized spacial score (nSPS) is 12.9. The second kappa shape index (κ2) is 8.25. The topological polar surface area (TPSA) is 127 Å². The number of aliphatic hydroxyl groups is 2. The van der Waals surface area contributed by atoms with Gasteiger partial charge >= 0.3 is 6.09 Å². The third-order valence-corrected chi connectivity index (χ3v) is 5.07. The molecule has 9 heteroatoms. The highest BCUT2D eigenvalue weighted by Gasteiger charge is 2.26. The maximum absolute atomic E-state index is 12.8. The lowest BCUT2D eigenvalue weighted by atomic mass is 10.0. The Bertz CT molecular complexity index is 1270. The van der Waals surface area contributed by atoms with E-state index >= 15 is 0 Å². The molecule has 3 aromatic heterocycles. The van der Waals surface area contributed by atoms with E-state index in [9.17, 15) is 15.0 Å². The van der Waals surface area contributed by atoms with E-state index in [1.807, 2.05) is 52.0 Å². The third-order valence-electron chi connectivity index (χ3n) is 5.07. The van der Waals surface area contributed by atoms with E-state index < -0.39 is 17.8 Å². The molecule has 0 bridgehead atoms. The van der Waals surface area contributed by atoms with Gasteiger partial charge in [-0.1, -0.05) is 18.2 Å². The van der Waals surface area contributed by atoms with Gasteiger partial charge < -0.3 is 24.9 Å². The Morgan fingerprint density at radius 3 is 2.75 bits per heavy atom. The second-order valence-electron chi connectivity index (χ2n) is 8.56. The van der Waals surface area contributed by atoms with Crippen LogP contribution in [0.5, 0.6) is 0 Å². The number of ether oxygens (including phenoxy) is 1. The molecule has 4 N–H and O–H groups in total. The molecule has 168 valence electrons. The summed E-state index contributed by atoms with van der Waals surface area (Å²) in [7, 11) is 0. The van der Waals surface area contributed by atoms with Gasteiger partial charge in [0, 0.05) is 17.6 Å². The van der Waals surface area contributed by atoms with E-state index in [1.165, 1.54) is 4.90 Å². The molecule has 0 aliphatic heterocycles. The lowest BCUT2D eigenvalue weighted by Gasteiger charge is -2.26. The first kappa shape index (κ1) is 21.8. The Hall–Kier alpha value is -3.43. The number of hydrogen-bond acceptors (Lipinski definition) is 6. The maximum atomic E-state index is 12.8. The molecular weight excluding hydrogens is 410 g/mol. The number of fused-ring (bicyclic) bond motifs is 3. The summed E-state index contributed by atoms with van der Waals surface area (Å²) in [5.74, 6) is 0.430. The molecular formula is C23H27N5O4. The van der Waals surface area contributed by atoms with Gasteiger partial charge in [0.05, 0.1) is 12.9 Å². The Kier molecular flexibility index (Phi) is 5.62. The molecule has 3 heterocycles. The monoisotopic (exact) mass is 437 g/mol. The zero-order chi connectivity index (χ0) is 23.0. The van der Waals surface area contributed by atoms with E-state index in [4.69, 9.17) is 9.72 Å². The largest absolute Gasteiger partial charge is 0.443 e. The van der Waals surface area contributed by atoms with Gasteiger partial charge in [0.15, 0.2) is 5.82 Å². The number of benzene rings is 1. The number of aliphatic hydroxyl groups excluding tert-OH is 2. The molecule has 9 nitrogen and oxygen atoms in total. The van der Waals surface area contributed by atoms with Crippen LogP contribution < -0.4 is 4.90 Å². The van der Waals surface area contributed by atoms with E-state index in [0.717, 1.165) is 16.6 Å². The van der Waals surface area contributed by atoms with Crippen LogP contribution in [0.25, 0.3) is 33.3 Å². The third kappa shape index (κ3) is 4.04. The predicted molar refractivity (Wildman–Crippen MR) is 122 cm³/mol. The van der Waals surface area contributed by atoms with Gasteiger partial charge in [-0.25, -0.2) is 14.8 Å². The molecule has 1 aromatic carbocycles. The number of pyridine rings is 1. The van der Waals surface area contributed by atoms with Crippen molar-refractivity contribution in [2.24, 2.45) is 0 Å². The van der Waals surface area contributed by atoms with Gasteiger partial charge in [-0.15, -0.1) is 0 Å². The Morgan fingerprint density at radius 2 is 2.06 bits per heavy atom. The lowest BCUT2D eigenvalue weighted by Crippen LogP contribution is -2.37. The zero-order valence-electron chi connectivity index (χ0n) is 18.5. The van der Waals surface area contributed by atoms with Crippen molar-refractivity contribution < 1.29 is 19.7 Å². The van der Waals surface area contributed by atoms with Crippen LogP contribution in [-0.2, 0) is 4.74 Å². The zero-order valence-corrected chi connectivity index (χ0v) is 18.5. The van der Waals surface area contributed by atoms with Crippen molar-refractivity contribution in [1.82, 2.24) is 19.9 Å². The molecule has 4 rings (SSSR count). The fourth-order valence-corrected chi connectivity index (χ4v) is 3.60. The van der Waals surface area contributed by atoms with Gasteiger partial charge in [0.2, 0.25) is 0 Å². The van der Waals surface area contributed by atoms with Crippen molar-refractivity contribution >= 4 is 34.0 Å². The van der Waals surface area contributed by atoms with E-state index in [0.29, 0.717) is 34.6 Å². The minimum atomic E-state index is -0.950. The van der Waals surface area contributed by atoms with Crippen LogP contribution in [0.15, 0.2) is 36.7 Å². The van der Waals surface area contributed by atoms with Crippen LogP contribution in [0.3, 0.4) is 0 Å². The molecule has 0 aliphatic rings. The summed E-state index contributed by atoms with van der Waals surface area (Å²) in [5.41, 5.74) is 3.49. The number of rotatable bonds is 5. The lowest BCUT2D eigenvalue weighted by molar-refractivity contribution is 0.0581. The number of aromatic amines is 2. The van der Waals surface area contributed by atoms with Crippen molar-refractivity contribution in [2.75, 3.05) is 18.1 Å². The van der Waals surface area contributed by atoms with Crippen molar-refractivity contribution in [3.8, 4) is 11.3 Å². The summed E-state index contributed by atoms with van der Waals surface area (Å²) in [6, 6.07) is 9.23. The first-order valence-electron chi connectivity index (χ1n) is 10.5. The standard InChI is InChI=1S/C23H27N5O4/c1-5-28(22(31)32-23(2,3)4)21-19-18(24-12-25-19)15-10-16(26-20(15)27-21)13-7-6-8-14(9-13)17(30)11-29/h6-10,12,17,29-30H,5,11H2,1-4H3,(H,24,25)(H,26,27). The van der Waals surface area contributed by atoms with Crippen molar-refractivity contribution in [3.05, 3.63) is 42.2 Å². The summed E-state index contributed by atoms with van der Waals surface area (Å²) in [6.45, 7) is 7.33. The fraction of sp³-hybridized carbons (Fsp3) is 0.348. The minimum Gasteiger partial charge on any atom is -0.443 e. The average molecular weight is 438 g/mol. The van der Waals surface area contributed by atoms with Crippen LogP contribution >= 0.6 is 0 Å².